The number of aliphatic hydroxyl groups excluding tert-OH is 2. The van der Waals surface area contributed by atoms with Gasteiger partial charge in [0.05, 0.1) is 6.10 Å². The number of fused-ring (bicyclic) bond motifs is 2. The zero-order chi connectivity index (χ0) is 37.8. The number of carboxylic acid groups (broad SMARTS) is 3. The number of hydrogen-bond donors (Lipinski definition) is 6. The van der Waals surface area contributed by atoms with Gasteiger partial charge in [0, 0.05) is 25.3 Å². The molecule has 3 rings (SSSR count). The number of carbonyl (C=O) groups is 5. The predicted molar refractivity (Wildman–Crippen MR) is 172 cm³/mol. The van der Waals surface area contributed by atoms with E-state index in [0.29, 0.717) is 12.8 Å². The van der Waals surface area contributed by atoms with Gasteiger partial charge in [0.1, 0.15) is 12.2 Å². The van der Waals surface area contributed by atoms with E-state index in [1.54, 1.807) is 27.7 Å². The molecule has 0 saturated carbocycles. The molecule has 0 radical (unpaired) electrons. The summed E-state index contributed by atoms with van der Waals surface area (Å²) < 4.78 is 22.0. The first-order chi connectivity index (χ1) is 23.2. The van der Waals surface area contributed by atoms with Crippen LogP contribution in [0.2, 0.25) is 0 Å². The zero-order valence-corrected chi connectivity index (χ0v) is 28.6. The first-order valence-corrected chi connectivity index (χ1v) is 16.2. The van der Waals surface area contributed by atoms with E-state index >= 15 is 0 Å². The molecule has 15 heteroatoms. The number of esters is 2. The van der Waals surface area contributed by atoms with E-state index in [2.05, 4.69) is 6.58 Å². The fourth-order valence-corrected chi connectivity index (χ4v) is 6.57. The molecule has 15 nitrogen and oxygen atoms in total. The van der Waals surface area contributed by atoms with Gasteiger partial charge >= 0.3 is 29.8 Å². The van der Waals surface area contributed by atoms with Crippen LogP contribution in [0.1, 0.15) is 59.4 Å². The van der Waals surface area contributed by atoms with Crippen molar-refractivity contribution in [2.75, 3.05) is 0 Å². The average molecular weight is 707 g/mol. The SMILES string of the molecule is C=C(CC[C@]12O[C@H](C(=O)O)[C@@](O)(C(=O)O)[C@](C(=O)O)(O1)[C@H](OC(=O)/C=C/C(C)CC(C)C(C)O)[C@H]2O)[C@@H](OC(C)=O)C(C)Cc1ccccc1. The summed E-state index contributed by atoms with van der Waals surface area (Å²) in [5.41, 5.74) is -6.37. The quantitative estimate of drug-likeness (QED) is 0.0769. The summed E-state index contributed by atoms with van der Waals surface area (Å²) in [5, 5.41) is 63.3. The lowest BCUT2D eigenvalue weighted by Crippen LogP contribution is -2.78. The third-order valence-corrected chi connectivity index (χ3v) is 9.38. The Morgan fingerprint density at radius 2 is 1.62 bits per heavy atom. The summed E-state index contributed by atoms with van der Waals surface area (Å²) in [6, 6.07) is 9.24. The highest BCUT2D eigenvalue weighted by Crippen LogP contribution is 2.56. The van der Waals surface area contributed by atoms with Gasteiger partial charge in [-0.25, -0.2) is 19.2 Å². The smallest absolute Gasteiger partial charge is 0.344 e. The molecule has 1 aromatic rings. The molecule has 0 aliphatic carbocycles. The van der Waals surface area contributed by atoms with Crippen LogP contribution in [0.5, 0.6) is 0 Å². The molecule has 2 aliphatic rings. The van der Waals surface area contributed by atoms with Crippen molar-refractivity contribution in [2.24, 2.45) is 17.8 Å². The highest BCUT2D eigenvalue weighted by molar-refractivity contribution is 5.98. The van der Waals surface area contributed by atoms with Crippen LogP contribution >= 0.6 is 0 Å². The minimum absolute atomic E-state index is 0.155. The van der Waals surface area contributed by atoms with Crippen molar-refractivity contribution >= 4 is 29.8 Å². The van der Waals surface area contributed by atoms with Crippen LogP contribution in [-0.2, 0) is 49.3 Å². The lowest BCUT2D eigenvalue weighted by atomic mass is 9.74. The molecule has 2 aliphatic heterocycles. The minimum Gasteiger partial charge on any atom is -0.479 e. The second-order valence-electron chi connectivity index (χ2n) is 13.3. The lowest BCUT2D eigenvalue weighted by Gasteiger charge is -2.48. The summed E-state index contributed by atoms with van der Waals surface area (Å²) in [7, 11) is 0. The van der Waals surface area contributed by atoms with Crippen LogP contribution in [0.15, 0.2) is 54.6 Å². The highest BCUT2D eigenvalue weighted by Gasteiger charge is 2.85. The number of carboxylic acids is 3. The maximum Gasteiger partial charge on any atom is 0.344 e. The van der Waals surface area contributed by atoms with Crippen LogP contribution in [0.3, 0.4) is 0 Å². The summed E-state index contributed by atoms with van der Waals surface area (Å²) in [4.78, 5) is 63.0. The summed E-state index contributed by atoms with van der Waals surface area (Å²) in [6.07, 6.45) is -6.99. The molecule has 2 saturated heterocycles. The Morgan fingerprint density at radius 1 is 1.00 bits per heavy atom. The van der Waals surface area contributed by atoms with E-state index in [-0.39, 0.29) is 29.7 Å². The van der Waals surface area contributed by atoms with Crippen molar-refractivity contribution in [3.05, 3.63) is 60.2 Å². The normalized spacial score (nSPS) is 30.4. The first kappa shape index (κ1) is 40.3. The molecule has 2 heterocycles. The van der Waals surface area contributed by atoms with Crippen LogP contribution in [0.4, 0.5) is 0 Å². The maximum atomic E-state index is 13.0. The van der Waals surface area contributed by atoms with Gasteiger partial charge in [-0.2, -0.15) is 0 Å². The van der Waals surface area contributed by atoms with Gasteiger partial charge in [-0.05, 0) is 49.2 Å². The molecule has 1 aromatic carbocycles. The molecule has 2 fully saturated rings. The second kappa shape index (κ2) is 15.8. The molecule has 11 atom stereocenters. The molecular formula is C35H46O15. The monoisotopic (exact) mass is 706 g/mol. The van der Waals surface area contributed by atoms with Crippen molar-refractivity contribution in [1.82, 2.24) is 0 Å². The molecule has 276 valence electrons. The van der Waals surface area contributed by atoms with Crippen molar-refractivity contribution < 1.29 is 73.6 Å². The van der Waals surface area contributed by atoms with Gasteiger partial charge in [0.15, 0.2) is 6.10 Å². The van der Waals surface area contributed by atoms with Crippen molar-refractivity contribution in [3.8, 4) is 0 Å². The van der Waals surface area contributed by atoms with Crippen molar-refractivity contribution in [1.29, 1.82) is 0 Å². The summed E-state index contributed by atoms with van der Waals surface area (Å²) in [6.45, 7) is 12.1. The minimum atomic E-state index is -3.93. The number of benzene rings is 1. The fourth-order valence-electron chi connectivity index (χ4n) is 6.57. The molecule has 2 bridgehead atoms. The van der Waals surface area contributed by atoms with Crippen LogP contribution < -0.4 is 0 Å². The molecule has 0 spiro atoms. The number of rotatable bonds is 17. The Morgan fingerprint density at radius 3 is 2.14 bits per heavy atom. The average Bonchev–Trinajstić information content (AvgIpc) is 3.25. The second-order valence-corrected chi connectivity index (χ2v) is 13.3. The van der Waals surface area contributed by atoms with E-state index in [4.69, 9.17) is 18.9 Å². The fraction of sp³-hybridized carbons (Fsp3) is 0.571. The van der Waals surface area contributed by atoms with Gasteiger partial charge in [-0.1, -0.05) is 63.8 Å². The van der Waals surface area contributed by atoms with E-state index < -0.39 is 83.8 Å². The Hall–Kier alpha value is -4.15. The van der Waals surface area contributed by atoms with Gasteiger partial charge in [-0.3, -0.25) is 4.79 Å². The number of allylic oxidation sites excluding steroid dienone is 1. The van der Waals surface area contributed by atoms with Crippen molar-refractivity contribution in [2.45, 2.75) is 108 Å². The van der Waals surface area contributed by atoms with Crippen LogP contribution in [0, 0.1) is 17.8 Å². The molecule has 4 unspecified atom stereocenters. The Bertz CT molecular complexity index is 1470. The first-order valence-electron chi connectivity index (χ1n) is 16.2. The molecule has 6 N–H and O–H groups in total. The number of aliphatic carboxylic acids is 3. The predicted octanol–water partition coefficient (Wildman–Crippen LogP) is 1.85. The Balaban J connectivity index is 2.01. The molecule has 0 amide bonds. The molecule has 0 aromatic heterocycles. The van der Waals surface area contributed by atoms with Crippen molar-refractivity contribution in [3.63, 3.8) is 0 Å². The number of hydrogen-bond acceptors (Lipinski definition) is 12. The number of ether oxygens (including phenoxy) is 4. The maximum absolute atomic E-state index is 13.0. The van der Waals surface area contributed by atoms with Gasteiger partial charge in [0.25, 0.3) is 0 Å². The standard InChI is InChI=1S/C35H46O15/c1-18(16-20(3)22(5)36)12-13-25(38)48-28-27(39)33(49-29(30(40)41)34(46,31(42)43)35(28,50-33)32(44)45)15-14-19(2)26(47-23(6)37)21(4)17-24-10-8-7-9-11-24/h7-13,18,20-22,26-29,36,39,46H,2,14-17H2,1,3-6H3,(H,40,41)(H,42,43)(H,44,45)/b13-12+/t18?,20?,21?,22?,26-,27-,28-,29-,33+,34-,35+/m1/s1. The van der Waals surface area contributed by atoms with E-state index in [9.17, 15) is 54.6 Å². The molecular weight excluding hydrogens is 660 g/mol. The summed E-state index contributed by atoms with van der Waals surface area (Å²) in [5.74, 6) is -12.2. The van der Waals surface area contributed by atoms with E-state index in [0.717, 1.165) is 11.6 Å². The lowest BCUT2D eigenvalue weighted by molar-refractivity contribution is -0.374. The van der Waals surface area contributed by atoms with Gasteiger partial charge in [0.2, 0.25) is 23.1 Å². The summed E-state index contributed by atoms with van der Waals surface area (Å²) >= 11 is 0. The third kappa shape index (κ3) is 7.92. The van der Waals surface area contributed by atoms with Gasteiger partial charge in [-0.15, -0.1) is 0 Å². The van der Waals surface area contributed by atoms with E-state index in [1.165, 1.54) is 13.0 Å². The largest absolute Gasteiger partial charge is 0.479 e. The molecule has 50 heavy (non-hydrogen) atoms. The van der Waals surface area contributed by atoms with Crippen LogP contribution in [-0.4, -0.2) is 108 Å². The van der Waals surface area contributed by atoms with Crippen LogP contribution in [0.25, 0.3) is 0 Å². The number of carbonyl (C=O) groups excluding carboxylic acids is 2. The number of aliphatic hydroxyl groups is 3. The van der Waals surface area contributed by atoms with Gasteiger partial charge < -0.3 is 49.6 Å². The third-order valence-electron chi connectivity index (χ3n) is 9.38. The van der Waals surface area contributed by atoms with E-state index in [1.807, 2.05) is 30.3 Å². The Labute approximate surface area is 289 Å². The topological polar surface area (TPSA) is 244 Å². The Kier molecular flexibility index (Phi) is 12.7. The zero-order valence-electron chi connectivity index (χ0n) is 28.6. The highest BCUT2D eigenvalue weighted by atomic mass is 16.8.